The van der Waals surface area contributed by atoms with Gasteiger partial charge >= 0.3 is 0 Å². The van der Waals surface area contributed by atoms with Gasteiger partial charge in [0.2, 0.25) is 5.89 Å². The second kappa shape index (κ2) is 8.15. The number of pyridine rings is 1. The summed E-state index contributed by atoms with van der Waals surface area (Å²) in [6.07, 6.45) is 3.51. The molecule has 0 spiro atoms. The molecule has 0 saturated heterocycles. The summed E-state index contributed by atoms with van der Waals surface area (Å²) in [6, 6.07) is 21.5. The standard InChI is InChI=1S/C26H22N4O2/c1-17-13-18(2)30(29-17)22-9-5-11-24(15-22)31-23-10-4-7-20(14-23)26-28-19(3)25(32-26)21-8-6-12-27-16-21/h4-16H,1-3H3. The molecule has 0 aliphatic rings. The van der Waals surface area contributed by atoms with E-state index in [0.29, 0.717) is 11.6 Å². The van der Waals surface area contributed by atoms with Crippen LogP contribution in [0.15, 0.2) is 83.5 Å². The van der Waals surface area contributed by atoms with Crippen molar-refractivity contribution in [1.29, 1.82) is 0 Å². The van der Waals surface area contributed by atoms with Crippen LogP contribution in [0.25, 0.3) is 28.5 Å². The van der Waals surface area contributed by atoms with Crippen LogP contribution in [-0.2, 0) is 0 Å². The normalized spacial score (nSPS) is 11.0. The van der Waals surface area contributed by atoms with Crippen LogP contribution in [0.3, 0.4) is 0 Å². The highest BCUT2D eigenvalue weighted by molar-refractivity contribution is 5.64. The Labute approximate surface area is 186 Å². The quantitative estimate of drug-likeness (QED) is 0.332. The van der Waals surface area contributed by atoms with Crippen molar-refractivity contribution in [3.8, 4) is 40.0 Å². The van der Waals surface area contributed by atoms with Crippen LogP contribution < -0.4 is 4.74 Å². The van der Waals surface area contributed by atoms with Gasteiger partial charge in [-0.15, -0.1) is 0 Å². The monoisotopic (exact) mass is 422 g/mol. The summed E-state index contributed by atoms with van der Waals surface area (Å²) in [5.74, 6) is 2.69. The minimum absolute atomic E-state index is 0.545. The van der Waals surface area contributed by atoms with E-state index in [0.717, 1.165) is 45.4 Å². The van der Waals surface area contributed by atoms with Gasteiger partial charge in [-0.3, -0.25) is 4.98 Å². The number of benzene rings is 2. The second-order valence-electron chi connectivity index (χ2n) is 7.64. The lowest BCUT2D eigenvalue weighted by atomic mass is 10.2. The third-order valence-corrected chi connectivity index (χ3v) is 5.11. The third kappa shape index (κ3) is 3.90. The zero-order valence-corrected chi connectivity index (χ0v) is 18.1. The summed E-state index contributed by atoms with van der Waals surface area (Å²) in [5.41, 5.74) is 5.57. The number of hydrogen-bond acceptors (Lipinski definition) is 5. The Kier molecular flexibility index (Phi) is 5.03. The molecule has 6 nitrogen and oxygen atoms in total. The predicted molar refractivity (Wildman–Crippen MR) is 123 cm³/mol. The summed E-state index contributed by atoms with van der Waals surface area (Å²) in [6.45, 7) is 5.95. The number of ether oxygens (including phenoxy) is 1. The smallest absolute Gasteiger partial charge is 0.227 e. The third-order valence-electron chi connectivity index (χ3n) is 5.11. The van der Waals surface area contributed by atoms with Crippen molar-refractivity contribution in [2.24, 2.45) is 0 Å². The first-order chi connectivity index (χ1) is 15.6. The van der Waals surface area contributed by atoms with Crippen LogP contribution in [0.2, 0.25) is 0 Å². The molecule has 0 aliphatic heterocycles. The van der Waals surface area contributed by atoms with E-state index in [1.165, 1.54) is 0 Å². The van der Waals surface area contributed by atoms with E-state index in [1.54, 1.807) is 12.4 Å². The molecule has 3 aromatic heterocycles. The van der Waals surface area contributed by atoms with E-state index in [-0.39, 0.29) is 0 Å². The van der Waals surface area contributed by atoms with Gasteiger partial charge in [-0.2, -0.15) is 5.10 Å². The summed E-state index contributed by atoms with van der Waals surface area (Å²) >= 11 is 0. The Morgan fingerprint density at radius 1 is 0.844 bits per heavy atom. The molecule has 0 unspecified atom stereocenters. The Balaban J connectivity index is 1.42. The highest BCUT2D eigenvalue weighted by atomic mass is 16.5. The number of rotatable bonds is 5. The predicted octanol–water partition coefficient (Wildman–Crippen LogP) is 6.31. The van der Waals surface area contributed by atoms with Crippen molar-refractivity contribution in [2.75, 3.05) is 0 Å². The average Bonchev–Trinajstić information content (AvgIpc) is 3.36. The van der Waals surface area contributed by atoms with E-state index in [9.17, 15) is 0 Å². The van der Waals surface area contributed by atoms with Crippen molar-refractivity contribution >= 4 is 0 Å². The highest BCUT2D eigenvalue weighted by Crippen LogP contribution is 2.32. The second-order valence-corrected chi connectivity index (χ2v) is 7.64. The van der Waals surface area contributed by atoms with Crippen molar-refractivity contribution in [2.45, 2.75) is 20.8 Å². The zero-order chi connectivity index (χ0) is 22.1. The molecular weight excluding hydrogens is 400 g/mol. The average molecular weight is 422 g/mol. The lowest BCUT2D eigenvalue weighted by Gasteiger charge is -2.09. The number of aryl methyl sites for hydroxylation is 3. The van der Waals surface area contributed by atoms with Gasteiger partial charge < -0.3 is 9.15 Å². The van der Waals surface area contributed by atoms with Crippen molar-refractivity contribution in [3.63, 3.8) is 0 Å². The lowest BCUT2D eigenvalue weighted by molar-refractivity contribution is 0.482. The molecule has 5 rings (SSSR count). The van der Waals surface area contributed by atoms with Gasteiger partial charge in [0.1, 0.15) is 11.5 Å². The molecule has 0 radical (unpaired) electrons. The van der Waals surface area contributed by atoms with Crippen molar-refractivity contribution in [3.05, 3.63) is 96.2 Å². The Hall–Kier alpha value is -4.19. The molecule has 5 aromatic rings. The number of oxazole rings is 1. The topological polar surface area (TPSA) is 66.0 Å². The van der Waals surface area contributed by atoms with Gasteiger partial charge in [-0.1, -0.05) is 12.1 Å². The molecule has 3 heterocycles. The van der Waals surface area contributed by atoms with Crippen LogP contribution in [0.5, 0.6) is 11.5 Å². The Morgan fingerprint density at radius 2 is 1.62 bits per heavy atom. The summed E-state index contributed by atoms with van der Waals surface area (Å²) < 4.78 is 14.1. The number of hydrogen-bond donors (Lipinski definition) is 0. The fourth-order valence-corrected chi connectivity index (χ4v) is 3.68. The fraction of sp³-hybridized carbons (Fsp3) is 0.115. The molecule has 2 aromatic carbocycles. The molecule has 0 bridgehead atoms. The molecule has 0 N–H and O–H groups in total. The minimum atomic E-state index is 0.545. The molecule has 0 fully saturated rings. The van der Waals surface area contributed by atoms with Gasteiger partial charge in [0.05, 0.1) is 17.1 Å². The first-order valence-electron chi connectivity index (χ1n) is 10.4. The van der Waals surface area contributed by atoms with Crippen LogP contribution in [-0.4, -0.2) is 19.7 Å². The molecular formula is C26H22N4O2. The molecule has 0 atom stereocenters. The largest absolute Gasteiger partial charge is 0.457 e. The van der Waals surface area contributed by atoms with E-state index < -0.39 is 0 Å². The Morgan fingerprint density at radius 3 is 2.38 bits per heavy atom. The summed E-state index contributed by atoms with van der Waals surface area (Å²) in [7, 11) is 0. The molecule has 0 aliphatic carbocycles. The maximum Gasteiger partial charge on any atom is 0.227 e. The van der Waals surface area contributed by atoms with Gasteiger partial charge in [0.15, 0.2) is 5.76 Å². The minimum Gasteiger partial charge on any atom is -0.457 e. The fourth-order valence-electron chi connectivity index (χ4n) is 3.68. The van der Waals surface area contributed by atoms with Gasteiger partial charge in [0.25, 0.3) is 0 Å². The van der Waals surface area contributed by atoms with E-state index in [4.69, 9.17) is 9.15 Å². The van der Waals surface area contributed by atoms with Crippen molar-refractivity contribution < 1.29 is 9.15 Å². The SMILES string of the molecule is Cc1cc(C)n(-c2cccc(Oc3cccc(-c4nc(C)c(-c5cccnc5)o4)c3)c2)n1. The van der Waals surface area contributed by atoms with Crippen LogP contribution in [0, 0.1) is 20.8 Å². The molecule has 0 saturated carbocycles. The molecule has 158 valence electrons. The summed E-state index contributed by atoms with van der Waals surface area (Å²) in [4.78, 5) is 8.78. The van der Waals surface area contributed by atoms with E-state index in [1.807, 2.05) is 86.1 Å². The molecule has 6 heteroatoms. The lowest BCUT2D eigenvalue weighted by Crippen LogP contribution is -1.99. The first-order valence-corrected chi connectivity index (χ1v) is 10.4. The maximum absolute atomic E-state index is 6.15. The Bertz CT molecular complexity index is 1390. The molecule has 0 amide bonds. The maximum atomic E-state index is 6.15. The molecule has 32 heavy (non-hydrogen) atoms. The number of nitrogens with zero attached hydrogens (tertiary/aromatic N) is 4. The van der Waals surface area contributed by atoms with Gasteiger partial charge in [-0.05, 0) is 69.3 Å². The first kappa shape index (κ1) is 19.8. The summed E-state index contributed by atoms with van der Waals surface area (Å²) in [5, 5.41) is 4.55. The highest BCUT2D eigenvalue weighted by Gasteiger charge is 2.14. The zero-order valence-electron chi connectivity index (χ0n) is 18.1. The van der Waals surface area contributed by atoms with Crippen LogP contribution >= 0.6 is 0 Å². The van der Waals surface area contributed by atoms with E-state index >= 15 is 0 Å². The van der Waals surface area contributed by atoms with Crippen molar-refractivity contribution in [1.82, 2.24) is 19.7 Å². The van der Waals surface area contributed by atoms with E-state index in [2.05, 4.69) is 21.1 Å². The van der Waals surface area contributed by atoms with Gasteiger partial charge in [-0.25, -0.2) is 9.67 Å². The van der Waals surface area contributed by atoms with Crippen LogP contribution in [0.4, 0.5) is 0 Å². The van der Waals surface area contributed by atoms with Gasteiger partial charge in [0, 0.05) is 35.3 Å². The van der Waals surface area contributed by atoms with Crippen LogP contribution in [0.1, 0.15) is 17.1 Å². The number of aromatic nitrogens is 4.